The lowest BCUT2D eigenvalue weighted by atomic mass is 9.95. The van der Waals surface area contributed by atoms with E-state index in [0.717, 1.165) is 50.2 Å². The average molecular weight is 745 g/mol. The minimum absolute atomic E-state index is 0.638. The predicted octanol–water partition coefficient (Wildman–Crippen LogP) is 13.9. The van der Waals surface area contributed by atoms with Gasteiger partial charge < -0.3 is 0 Å². The number of fused-ring (bicyclic) bond motifs is 7. The van der Waals surface area contributed by atoms with Gasteiger partial charge in [-0.05, 0) is 46.5 Å². The molecule has 0 atom stereocenters. The minimum atomic E-state index is 0.638. The molecule has 11 aromatic rings. The van der Waals surface area contributed by atoms with Crippen LogP contribution in [0.4, 0.5) is 0 Å². The fourth-order valence-electron chi connectivity index (χ4n) is 7.93. The number of nitrogens with zero attached hydrogens (tertiary/aromatic N) is 4. The van der Waals surface area contributed by atoms with Crippen molar-refractivity contribution in [1.82, 2.24) is 19.9 Å². The number of rotatable bonds is 6. The fraction of sp³-hybridized carbons (Fsp3) is 0. The molecular formula is C52H32N4S. The molecule has 8 aromatic carbocycles. The van der Waals surface area contributed by atoms with Crippen molar-refractivity contribution < 1.29 is 0 Å². The maximum Gasteiger partial charge on any atom is 0.164 e. The molecule has 0 unspecified atom stereocenters. The molecule has 0 fully saturated rings. The van der Waals surface area contributed by atoms with Crippen LogP contribution in [0.1, 0.15) is 0 Å². The highest BCUT2D eigenvalue weighted by atomic mass is 32.1. The topological polar surface area (TPSA) is 51.6 Å². The second-order valence-corrected chi connectivity index (χ2v) is 15.3. The van der Waals surface area contributed by atoms with Crippen LogP contribution >= 0.6 is 11.3 Å². The number of para-hydroxylation sites is 1. The first-order valence-corrected chi connectivity index (χ1v) is 19.9. The Morgan fingerprint density at radius 2 is 0.789 bits per heavy atom. The third-order valence-electron chi connectivity index (χ3n) is 10.7. The summed E-state index contributed by atoms with van der Waals surface area (Å²) < 4.78 is 2.53. The van der Waals surface area contributed by atoms with Crippen LogP contribution in [0.3, 0.4) is 0 Å². The van der Waals surface area contributed by atoms with Crippen LogP contribution in [0.15, 0.2) is 194 Å². The van der Waals surface area contributed by atoms with Gasteiger partial charge in [0.25, 0.3) is 0 Å². The lowest BCUT2D eigenvalue weighted by Gasteiger charge is -2.11. The van der Waals surface area contributed by atoms with Crippen molar-refractivity contribution in [3.63, 3.8) is 0 Å². The molecule has 0 bridgehead atoms. The van der Waals surface area contributed by atoms with Crippen LogP contribution in [-0.2, 0) is 0 Å². The van der Waals surface area contributed by atoms with Crippen LogP contribution in [0.2, 0.25) is 0 Å². The van der Waals surface area contributed by atoms with E-state index in [0.29, 0.717) is 17.5 Å². The van der Waals surface area contributed by atoms with Gasteiger partial charge in [0.1, 0.15) is 0 Å². The van der Waals surface area contributed by atoms with Crippen LogP contribution in [-0.4, -0.2) is 19.9 Å². The molecule has 3 heterocycles. The lowest BCUT2D eigenvalue weighted by Crippen LogP contribution is -2.00. The second kappa shape index (κ2) is 13.7. The molecule has 4 nitrogen and oxygen atoms in total. The number of benzene rings is 8. The summed E-state index contributed by atoms with van der Waals surface area (Å²) in [6.07, 6.45) is 0. The van der Waals surface area contributed by atoms with Gasteiger partial charge in [0.05, 0.1) is 11.2 Å². The van der Waals surface area contributed by atoms with Gasteiger partial charge in [0, 0.05) is 58.6 Å². The summed E-state index contributed by atoms with van der Waals surface area (Å²) in [5, 5.41) is 6.17. The zero-order valence-corrected chi connectivity index (χ0v) is 31.5. The maximum absolute atomic E-state index is 5.17. The van der Waals surface area contributed by atoms with Crippen LogP contribution < -0.4 is 0 Å². The molecule has 0 saturated heterocycles. The van der Waals surface area contributed by atoms with Crippen LogP contribution in [0, 0.1) is 0 Å². The van der Waals surface area contributed by atoms with Gasteiger partial charge in [0.15, 0.2) is 17.5 Å². The van der Waals surface area contributed by atoms with E-state index >= 15 is 0 Å². The normalized spacial score (nSPS) is 11.5. The summed E-state index contributed by atoms with van der Waals surface area (Å²) in [6, 6.07) is 68.0. The first-order valence-electron chi connectivity index (χ1n) is 19.0. The van der Waals surface area contributed by atoms with E-state index in [1.165, 1.54) is 41.9 Å². The number of hydrogen-bond acceptors (Lipinski definition) is 5. The third-order valence-corrected chi connectivity index (χ3v) is 11.8. The second-order valence-electron chi connectivity index (χ2n) is 14.2. The zero-order chi connectivity index (χ0) is 37.7. The highest BCUT2D eigenvalue weighted by Gasteiger charge is 2.18. The molecule has 266 valence electrons. The summed E-state index contributed by atoms with van der Waals surface area (Å²) >= 11 is 1.85. The molecular weight excluding hydrogens is 713 g/mol. The van der Waals surface area contributed by atoms with E-state index in [9.17, 15) is 0 Å². The van der Waals surface area contributed by atoms with Gasteiger partial charge in [-0.1, -0.05) is 170 Å². The average Bonchev–Trinajstić information content (AvgIpc) is 3.68. The smallest absolute Gasteiger partial charge is 0.164 e. The van der Waals surface area contributed by atoms with E-state index in [1.807, 2.05) is 47.7 Å². The van der Waals surface area contributed by atoms with Crippen molar-refractivity contribution in [3.8, 4) is 67.7 Å². The van der Waals surface area contributed by atoms with Gasteiger partial charge >= 0.3 is 0 Å². The standard InChI is InChI=1S/C52H32N4S/c1-4-13-33(14-5-1)38-19-12-20-40(31-38)52-55-50(36-17-8-3-9-18-36)54-51(56-52)37-25-23-34(24-26-37)39-27-28-42-46(32-39)57-45-30-29-43-47(48(42)45)41-21-10-11-22-44(41)53-49(43)35-15-6-2-7-16-35/h1-32H. The molecule has 5 heteroatoms. The summed E-state index contributed by atoms with van der Waals surface area (Å²) in [7, 11) is 0. The first kappa shape index (κ1) is 33.0. The molecule has 0 aliphatic carbocycles. The van der Waals surface area contributed by atoms with Gasteiger partial charge in [-0.25, -0.2) is 19.9 Å². The van der Waals surface area contributed by atoms with Crippen molar-refractivity contribution >= 4 is 53.2 Å². The first-order chi connectivity index (χ1) is 28.2. The summed E-state index contributed by atoms with van der Waals surface area (Å²) in [4.78, 5) is 20.2. The Bertz CT molecular complexity index is 3270. The quantitative estimate of drug-likeness (QED) is 0.159. The van der Waals surface area contributed by atoms with Crippen molar-refractivity contribution in [3.05, 3.63) is 194 Å². The van der Waals surface area contributed by atoms with Crippen LogP contribution in [0.25, 0.3) is 110 Å². The van der Waals surface area contributed by atoms with Gasteiger partial charge in [-0.15, -0.1) is 11.3 Å². The van der Waals surface area contributed by atoms with E-state index in [2.05, 4.69) is 158 Å². The predicted molar refractivity (Wildman–Crippen MR) is 238 cm³/mol. The number of thiophene rings is 1. The highest BCUT2D eigenvalue weighted by Crippen LogP contribution is 2.44. The molecule has 0 N–H and O–H groups in total. The molecule has 57 heavy (non-hydrogen) atoms. The van der Waals surface area contributed by atoms with Crippen molar-refractivity contribution in [2.75, 3.05) is 0 Å². The van der Waals surface area contributed by atoms with E-state index in [-0.39, 0.29) is 0 Å². The maximum atomic E-state index is 5.17. The van der Waals surface area contributed by atoms with Gasteiger partial charge in [-0.2, -0.15) is 0 Å². The van der Waals surface area contributed by atoms with Crippen LogP contribution in [0.5, 0.6) is 0 Å². The Morgan fingerprint density at radius 3 is 1.53 bits per heavy atom. The Kier molecular flexibility index (Phi) is 7.97. The summed E-state index contributed by atoms with van der Waals surface area (Å²) in [6.45, 7) is 0. The summed E-state index contributed by atoms with van der Waals surface area (Å²) in [5.74, 6) is 1.92. The van der Waals surface area contributed by atoms with E-state index in [4.69, 9.17) is 19.9 Å². The molecule has 0 saturated carbocycles. The monoisotopic (exact) mass is 744 g/mol. The molecule has 0 amide bonds. The molecule has 0 aliphatic rings. The largest absolute Gasteiger partial charge is 0.247 e. The van der Waals surface area contributed by atoms with E-state index < -0.39 is 0 Å². The fourth-order valence-corrected chi connectivity index (χ4v) is 9.09. The van der Waals surface area contributed by atoms with Gasteiger partial charge in [-0.3, -0.25) is 0 Å². The SMILES string of the molecule is c1ccc(-c2cccc(-c3nc(-c4ccccc4)nc(-c4ccc(-c5ccc6c(c5)sc5ccc7c(-c8ccccc8)nc8ccccc8c7c56)cc4)n3)c2)cc1. The number of hydrogen-bond donors (Lipinski definition) is 0. The summed E-state index contributed by atoms with van der Waals surface area (Å²) in [5.41, 5.74) is 10.5. The van der Waals surface area contributed by atoms with Crippen molar-refractivity contribution in [2.24, 2.45) is 0 Å². The Morgan fingerprint density at radius 1 is 0.281 bits per heavy atom. The molecule has 3 aromatic heterocycles. The zero-order valence-electron chi connectivity index (χ0n) is 30.7. The molecule has 11 rings (SSSR count). The molecule has 0 spiro atoms. The molecule has 0 radical (unpaired) electrons. The Balaban J connectivity index is 0.995. The van der Waals surface area contributed by atoms with Crippen molar-refractivity contribution in [1.29, 1.82) is 0 Å². The minimum Gasteiger partial charge on any atom is -0.247 e. The lowest BCUT2D eigenvalue weighted by molar-refractivity contribution is 1.07. The number of pyridine rings is 1. The van der Waals surface area contributed by atoms with E-state index in [1.54, 1.807) is 0 Å². The van der Waals surface area contributed by atoms with Crippen molar-refractivity contribution in [2.45, 2.75) is 0 Å². The molecule has 0 aliphatic heterocycles. The third kappa shape index (κ3) is 5.93. The highest BCUT2D eigenvalue weighted by molar-refractivity contribution is 7.26. The Labute approximate surface area is 333 Å². The van der Waals surface area contributed by atoms with Gasteiger partial charge in [0.2, 0.25) is 0 Å². The number of aromatic nitrogens is 4. The Hall–Kier alpha value is -7.34.